The van der Waals surface area contributed by atoms with Gasteiger partial charge in [-0.05, 0) is 25.1 Å². The predicted octanol–water partition coefficient (Wildman–Crippen LogP) is 2.51. The highest BCUT2D eigenvalue weighted by Gasteiger charge is 2.45. The molecule has 0 N–H and O–H groups in total. The van der Waals surface area contributed by atoms with Crippen LogP contribution in [0.3, 0.4) is 0 Å². The number of esters is 2. The molecule has 2 atom stereocenters. The van der Waals surface area contributed by atoms with E-state index in [0.717, 1.165) is 5.56 Å². The van der Waals surface area contributed by atoms with E-state index < -0.39 is 23.8 Å². The molecule has 1 aliphatic rings. The predicted molar refractivity (Wildman–Crippen MR) is 72.8 cm³/mol. The Hall–Kier alpha value is -2.56. The summed E-state index contributed by atoms with van der Waals surface area (Å²) in [5, 5.41) is 0. The third-order valence-corrected chi connectivity index (χ3v) is 3.44. The maximum absolute atomic E-state index is 12.2. The summed E-state index contributed by atoms with van der Waals surface area (Å²) < 4.78 is 15.7. The summed E-state index contributed by atoms with van der Waals surface area (Å²) >= 11 is 0. The normalized spacial score (nSPS) is 20.5. The van der Waals surface area contributed by atoms with E-state index in [0.29, 0.717) is 11.5 Å². The van der Waals surface area contributed by atoms with Crippen LogP contribution in [0.15, 0.2) is 47.1 Å². The second-order valence-electron chi connectivity index (χ2n) is 4.68. The molecule has 2 aromatic rings. The third-order valence-electron chi connectivity index (χ3n) is 3.44. The van der Waals surface area contributed by atoms with E-state index in [2.05, 4.69) is 0 Å². The fourth-order valence-electron chi connectivity index (χ4n) is 2.57. The van der Waals surface area contributed by atoms with Crippen molar-refractivity contribution in [2.75, 3.05) is 6.61 Å². The minimum atomic E-state index is -1.05. The van der Waals surface area contributed by atoms with E-state index >= 15 is 0 Å². The first-order valence-electron chi connectivity index (χ1n) is 6.73. The number of hydrogen-bond acceptors (Lipinski definition) is 5. The Balaban J connectivity index is 2.11. The number of para-hydroxylation sites is 1. The first-order valence-corrected chi connectivity index (χ1v) is 6.73. The lowest BCUT2D eigenvalue weighted by molar-refractivity contribution is -0.159. The Morgan fingerprint density at radius 1 is 1.24 bits per heavy atom. The Morgan fingerprint density at radius 2 is 2.05 bits per heavy atom. The van der Waals surface area contributed by atoms with Gasteiger partial charge in [0.1, 0.15) is 11.5 Å². The summed E-state index contributed by atoms with van der Waals surface area (Å²) in [6.07, 6.45) is 1.51. The van der Waals surface area contributed by atoms with Crippen LogP contribution in [-0.4, -0.2) is 18.5 Å². The van der Waals surface area contributed by atoms with Gasteiger partial charge in [-0.15, -0.1) is 0 Å². The van der Waals surface area contributed by atoms with Gasteiger partial charge in [-0.2, -0.15) is 0 Å². The van der Waals surface area contributed by atoms with Crippen LogP contribution in [0, 0.1) is 5.92 Å². The zero-order chi connectivity index (χ0) is 14.8. The van der Waals surface area contributed by atoms with Crippen LogP contribution in [0.25, 0.3) is 0 Å². The lowest BCUT2D eigenvalue weighted by Gasteiger charge is -2.29. The Labute approximate surface area is 121 Å². The average Bonchev–Trinajstić information content (AvgIpc) is 2.99. The van der Waals surface area contributed by atoms with Crippen molar-refractivity contribution in [1.29, 1.82) is 0 Å². The second kappa shape index (κ2) is 5.44. The van der Waals surface area contributed by atoms with Crippen LogP contribution in [0.2, 0.25) is 0 Å². The SMILES string of the molecule is CCOC(=O)[C@@H]1C(=O)Oc2ccccc2[C@H]1c1ccco1. The summed E-state index contributed by atoms with van der Waals surface area (Å²) in [5.74, 6) is -1.81. The lowest BCUT2D eigenvalue weighted by atomic mass is 9.82. The van der Waals surface area contributed by atoms with Crippen molar-refractivity contribution in [3.63, 3.8) is 0 Å². The zero-order valence-electron chi connectivity index (χ0n) is 11.4. The van der Waals surface area contributed by atoms with E-state index in [1.165, 1.54) is 6.26 Å². The maximum atomic E-state index is 12.2. The van der Waals surface area contributed by atoms with E-state index in [1.54, 1.807) is 31.2 Å². The molecule has 0 bridgehead atoms. The molecule has 3 rings (SSSR count). The number of carbonyl (C=O) groups is 2. The minimum Gasteiger partial charge on any atom is -0.469 e. The number of ether oxygens (including phenoxy) is 2. The van der Waals surface area contributed by atoms with Crippen molar-refractivity contribution in [1.82, 2.24) is 0 Å². The van der Waals surface area contributed by atoms with Crippen molar-refractivity contribution in [2.45, 2.75) is 12.8 Å². The average molecular weight is 286 g/mol. The van der Waals surface area contributed by atoms with Gasteiger partial charge in [0.25, 0.3) is 0 Å². The topological polar surface area (TPSA) is 65.7 Å². The molecule has 0 saturated carbocycles. The van der Waals surface area contributed by atoms with E-state index in [9.17, 15) is 9.59 Å². The zero-order valence-corrected chi connectivity index (χ0v) is 11.4. The van der Waals surface area contributed by atoms with Crippen molar-refractivity contribution in [2.24, 2.45) is 5.92 Å². The number of fused-ring (bicyclic) bond motifs is 1. The Morgan fingerprint density at radius 3 is 2.76 bits per heavy atom. The molecule has 0 aliphatic carbocycles. The van der Waals surface area contributed by atoms with Crippen LogP contribution in [0.4, 0.5) is 0 Å². The molecule has 5 nitrogen and oxygen atoms in total. The van der Waals surface area contributed by atoms with Crippen molar-refractivity contribution in [3.8, 4) is 5.75 Å². The summed E-state index contributed by atoms with van der Waals surface area (Å²) in [6, 6.07) is 10.6. The number of carbonyl (C=O) groups excluding carboxylic acids is 2. The first-order chi connectivity index (χ1) is 10.2. The molecule has 0 unspecified atom stereocenters. The molecule has 0 radical (unpaired) electrons. The quantitative estimate of drug-likeness (QED) is 0.493. The van der Waals surface area contributed by atoms with E-state index in [1.807, 2.05) is 12.1 Å². The molecule has 5 heteroatoms. The monoisotopic (exact) mass is 286 g/mol. The molecule has 108 valence electrons. The first kappa shape index (κ1) is 13.4. The van der Waals surface area contributed by atoms with Crippen molar-refractivity contribution in [3.05, 3.63) is 54.0 Å². The molecule has 1 aromatic heterocycles. The lowest BCUT2D eigenvalue weighted by Crippen LogP contribution is -2.38. The van der Waals surface area contributed by atoms with Gasteiger partial charge < -0.3 is 13.9 Å². The maximum Gasteiger partial charge on any atom is 0.326 e. The van der Waals surface area contributed by atoms with Crippen LogP contribution >= 0.6 is 0 Å². The van der Waals surface area contributed by atoms with Crippen LogP contribution in [0.1, 0.15) is 24.2 Å². The molecular formula is C16H14O5. The highest BCUT2D eigenvalue weighted by molar-refractivity contribution is 5.99. The van der Waals surface area contributed by atoms with E-state index in [-0.39, 0.29) is 6.61 Å². The Kier molecular flexibility index (Phi) is 3.48. The summed E-state index contributed by atoms with van der Waals surface area (Å²) in [4.78, 5) is 24.4. The largest absolute Gasteiger partial charge is 0.469 e. The smallest absolute Gasteiger partial charge is 0.326 e. The highest BCUT2D eigenvalue weighted by Crippen LogP contribution is 2.42. The summed E-state index contributed by atoms with van der Waals surface area (Å²) in [7, 11) is 0. The molecule has 0 amide bonds. The molecule has 0 spiro atoms. The van der Waals surface area contributed by atoms with Crippen LogP contribution in [0.5, 0.6) is 5.75 Å². The fraction of sp³-hybridized carbons (Fsp3) is 0.250. The standard InChI is InChI=1S/C16H14O5/c1-2-19-15(17)14-13(12-8-5-9-20-12)10-6-3-4-7-11(10)21-16(14)18/h3-9,13-14H,2H2,1H3/t13-,14+/m0/s1. The van der Waals surface area contributed by atoms with Gasteiger partial charge in [-0.3, -0.25) is 9.59 Å². The molecule has 0 saturated heterocycles. The number of hydrogen-bond donors (Lipinski definition) is 0. The molecule has 2 heterocycles. The van der Waals surface area contributed by atoms with Gasteiger partial charge in [0.2, 0.25) is 0 Å². The minimum absolute atomic E-state index is 0.204. The second-order valence-corrected chi connectivity index (χ2v) is 4.68. The van der Waals surface area contributed by atoms with Gasteiger partial charge >= 0.3 is 11.9 Å². The third kappa shape index (κ3) is 2.31. The van der Waals surface area contributed by atoms with E-state index in [4.69, 9.17) is 13.9 Å². The van der Waals surface area contributed by atoms with Gasteiger partial charge in [-0.25, -0.2) is 0 Å². The van der Waals surface area contributed by atoms with Crippen LogP contribution in [-0.2, 0) is 14.3 Å². The van der Waals surface area contributed by atoms with Gasteiger partial charge in [0.05, 0.1) is 18.8 Å². The van der Waals surface area contributed by atoms with Gasteiger partial charge in [0.15, 0.2) is 5.92 Å². The molecule has 1 aliphatic heterocycles. The molecule has 21 heavy (non-hydrogen) atoms. The molecule has 0 fully saturated rings. The highest BCUT2D eigenvalue weighted by atomic mass is 16.6. The number of furan rings is 1. The number of benzene rings is 1. The van der Waals surface area contributed by atoms with Gasteiger partial charge in [-0.1, -0.05) is 18.2 Å². The van der Waals surface area contributed by atoms with Crippen molar-refractivity contribution >= 4 is 11.9 Å². The van der Waals surface area contributed by atoms with Gasteiger partial charge in [0, 0.05) is 5.56 Å². The Bertz CT molecular complexity index is 659. The molecule has 1 aromatic carbocycles. The number of rotatable bonds is 3. The summed E-state index contributed by atoms with van der Waals surface area (Å²) in [6.45, 7) is 1.90. The van der Waals surface area contributed by atoms with Crippen LogP contribution < -0.4 is 4.74 Å². The van der Waals surface area contributed by atoms with Crippen molar-refractivity contribution < 1.29 is 23.5 Å². The fourth-order valence-corrected chi connectivity index (χ4v) is 2.57. The molecular weight excluding hydrogens is 272 g/mol. The summed E-state index contributed by atoms with van der Waals surface area (Å²) in [5.41, 5.74) is 0.741.